The maximum absolute atomic E-state index is 13.2. The highest BCUT2D eigenvalue weighted by Crippen LogP contribution is 2.29. The van der Waals surface area contributed by atoms with E-state index >= 15 is 0 Å². The van der Waals surface area contributed by atoms with Gasteiger partial charge in [-0.15, -0.1) is 0 Å². The third kappa shape index (κ3) is 3.44. The summed E-state index contributed by atoms with van der Waals surface area (Å²) in [6, 6.07) is 15.4. The van der Waals surface area contributed by atoms with Gasteiger partial charge in [0.1, 0.15) is 5.75 Å². The Morgan fingerprint density at radius 2 is 1.85 bits per heavy atom. The van der Waals surface area contributed by atoms with Gasteiger partial charge in [-0.05, 0) is 55.1 Å². The van der Waals surface area contributed by atoms with Gasteiger partial charge in [0, 0.05) is 24.0 Å². The van der Waals surface area contributed by atoms with Gasteiger partial charge in [-0.3, -0.25) is 0 Å². The van der Waals surface area contributed by atoms with Gasteiger partial charge in [0.2, 0.25) is 0 Å². The van der Waals surface area contributed by atoms with Crippen molar-refractivity contribution in [3.8, 4) is 17.0 Å². The molecule has 0 aliphatic carbocycles. The number of methoxy groups -OCH3 is 1. The summed E-state index contributed by atoms with van der Waals surface area (Å²) in [7, 11) is -0.407. The maximum Gasteiger partial charge on any atom is 0.268 e. The van der Waals surface area contributed by atoms with E-state index < -0.39 is 10.0 Å². The summed E-state index contributed by atoms with van der Waals surface area (Å²) < 4.78 is 32.8. The van der Waals surface area contributed by atoms with Crippen LogP contribution in [-0.4, -0.2) is 26.5 Å². The number of rotatable bonds is 6. The Morgan fingerprint density at radius 1 is 1.12 bits per heavy atom. The normalized spacial score (nSPS) is 11.5. The highest BCUT2D eigenvalue weighted by atomic mass is 32.2. The molecule has 0 bridgehead atoms. The first kappa shape index (κ1) is 18.0. The van der Waals surface area contributed by atoms with Gasteiger partial charge in [-0.25, -0.2) is 12.4 Å². The van der Waals surface area contributed by atoms with Gasteiger partial charge in [-0.2, -0.15) is 0 Å². The zero-order valence-electron chi connectivity index (χ0n) is 14.6. The highest BCUT2D eigenvalue weighted by Gasteiger charge is 2.22. The lowest BCUT2D eigenvalue weighted by Gasteiger charge is -2.11. The van der Waals surface area contributed by atoms with Crippen molar-refractivity contribution in [1.82, 2.24) is 9.29 Å². The molecule has 1 heterocycles. The Hall–Kier alpha value is -2.77. The first-order chi connectivity index (χ1) is 12.5. The number of benzene rings is 2. The van der Waals surface area contributed by atoms with Gasteiger partial charge in [0.05, 0.1) is 17.7 Å². The standard InChI is InChI=1S/C19H21N3O3S/c1-21-12-14-10-19(15-4-3-5-16(20)11-15)22(13-14)26(23,24)18-8-6-17(25-2)7-9-18/h3-11,13,21H,12,20H2,1-2H3. The van der Waals surface area contributed by atoms with Crippen LogP contribution in [0.25, 0.3) is 11.3 Å². The third-order valence-electron chi connectivity index (χ3n) is 4.02. The van der Waals surface area contributed by atoms with Gasteiger partial charge in [0.25, 0.3) is 10.0 Å². The Labute approximate surface area is 153 Å². The minimum atomic E-state index is -3.76. The summed E-state index contributed by atoms with van der Waals surface area (Å²) in [6.45, 7) is 0.556. The van der Waals surface area contributed by atoms with E-state index in [9.17, 15) is 8.42 Å². The fourth-order valence-corrected chi connectivity index (χ4v) is 4.16. The number of nitrogens with one attached hydrogen (secondary N) is 1. The second kappa shape index (κ2) is 7.23. The SMILES string of the molecule is CNCc1cc(-c2cccc(N)c2)n(S(=O)(=O)c2ccc(OC)cc2)c1. The minimum absolute atomic E-state index is 0.190. The van der Waals surface area contributed by atoms with Gasteiger partial charge < -0.3 is 15.8 Å². The smallest absolute Gasteiger partial charge is 0.268 e. The molecule has 136 valence electrons. The summed E-state index contributed by atoms with van der Waals surface area (Å²) in [5, 5.41) is 3.04. The van der Waals surface area contributed by atoms with Crippen molar-refractivity contribution in [3.63, 3.8) is 0 Å². The van der Waals surface area contributed by atoms with Crippen LogP contribution in [0, 0.1) is 0 Å². The summed E-state index contributed by atoms with van der Waals surface area (Å²) in [5.74, 6) is 0.600. The fourth-order valence-electron chi connectivity index (χ4n) is 2.77. The van der Waals surface area contributed by atoms with Gasteiger partial charge in [0.15, 0.2) is 0 Å². The molecule has 6 nitrogen and oxygen atoms in total. The number of nitrogens with zero attached hydrogens (tertiary/aromatic N) is 1. The van der Waals surface area contributed by atoms with E-state index in [1.807, 2.05) is 19.2 Å². The number of hydrogen-bond donors (Lipinski definition) is 2. The molecule has 0 aliphatic heterocycles. The van der Waals surface area contributed by atoms with Crippen LogP contribution in [0.3, 0.4) is 0 Å². The number of aromatic nitrogens is 1. The average Bonchev–Trinajstić information content (AvgIpc) is 3.07. The molecule has 0 atom stereocenters. The molecule has 0 radical (unpaired) electrons. The second-order valence-corrected chi connectivity index (χ2v) is 7.68. The van der Waals surface area contributed by atoms with Gasteiger partial charge in [-0.1, -0.05) is 12.1 Å². The van der Waals surface area contributed by atoms with E-state index in [2.05, 4.69) is 5.32 Å². The minimum Gasteiger partial charge on any atom is -0.497 e. The van der Waals surface area contributed by atoms with Crippen LogP contribution in [0.5, 0.6) is 5.75 Å². The molecule has 0 spiro atoms. The topological polar surface area (TPSA) is 86.4 Å². The lowest BCUT2D eigenvalue weighted by molar-refractivity contribution is 0.414. The van der Waals surface area contributed by atoms with Crippen molar-refractivity contribution in [1.29, 1.82) is 0 Å². The molecule has 0 saturated carbocycles. The summed E-state index contributed by atoms with van der Waals surface area (Å²) in [5.41, 5.74) is 8.63. The van der Waals surface area contributed by atoms with Crippen LogP contribution in [0.2, 0.25) is 0 Å². The Morgan fingerprint density at radius 3 is 2.46 bits per heavy atom. The maximum atomic E-state index is 13.2. The number of nitrogen functional groups attached to an aromatic ring is 1. The Balaban J connectivity index is 2.15. The molecule has 0 amide bonds. The molecule has 3 rings (SSSR count). The molecule has 0 aliphatic rings. The van der Waals surface area contributed by atoms with Crippen molar-refractivity contribution < 1.29 is 13.2 Å². The average molecular weight is 371 g/mol. The Bertz CT molecular complexity index is 1010. The van der Waals surface area contributed by atoms with E-state index in [1.54, 1.807) is 36.5 Å². The molecule has 1 aromatic heterocycles. The van der Waals surface area contributed by atoms with Crippen molar-refractivity contribution >= 4 is 15.7 Å². The van der Waals surface area contributed by atoms with Crippen LogP contribution in [0.1, 0.15) is 5.56 Å². The number of hydrogen-bond acceptors (Lipinski definition) is 5. The van der Waals surface area contributed by atoms with E-state index in [-0.39, 0.29) is 4.90 Å². The monoisotopic (exact) mass is 371 g/mol. The lowest BCUT2D eigenvalue weighted by atomic mass is 10.1. The van der Waals surface area contributed by atoms with Crippen molar-refractivity contribution in [2.45, 2.75) is 11.4 Å². The molecule has 0 saturated heterocycles. The molecule has 26 heavy (non-hydrogen) atoms. The quantitative estimate of drug-likeness (QED) is 0.651. The summed E-state index contributed by atoms with van der Waals surface area (Å²) in [6.07, 6.45) is 1.63. The van der Waals surface area contributed by atoms with Crippen molar-refractivity contribution in [2.24, 2.45) is 0 Å². The summed E-state index contributed by atoms with van der Waals surface area (Å²) in [4.78, 5) is 0.190. The summed E-state index contributed by atoms with van der Waals surface area (Å²) >= 11 is 0. The highest BCUT2D eigenvalue weighted by molar-refractivity contribution is 7.90. The van der Waals surface area contributed by atoms with Crippen LogP contribution in [0.4, 0.5) is 5.69 Å². The lowest BCUT2D eigenvalue weighted by Crippen LogP contribution is -2.13. The van der Waals surface area contributed by atoms with E-state index in [0.717, 1.165) is 11.1 Å². The van der Waals surface area contributed by atoms with Crippen LogP contribution < -0.4 is 15.8 Å². The number of anilines is 1. The molecule has 2 aromatic carbocycles. The fraction of sp³-hybridized carbons (Fsp3) is 0.158. The first-order valence-electron chi connectivity index (χ1n) is 8.07. The van der Waals surface area contributed by atoms with Gasteiger partial charge >= 0.3 is 0 Å². The van der Waals surface area contributed by atoms with E-state index in [4.69, 9.17) is 10.5 Å². The first-order valence-corrected chi connectivity index (χ1v) is 9.51. The second-order valence-electron chi connectivity index (χ2n) is 5.87. The number of ether oxygens (including phenoxy) is 1. The predicted molar refractivity (Wildman–Crippen MR) is 103 cm³/mol. The third-order valence-corrected chi connectivity index (χ3v) is 5.71. The molecular formula is C19H21N3O3S. The molecule has 0 unspecified atom stereocenters. The predicted octanol–water partition coefficient (Wildman–Crippen LogP) is 2.70. The Kier molecular flexibility index (Phi) is 5.01. The van der Waals surface area contributed by atoms with Crippen molar-refractivity contribution in [3.05, 3.63) is 66.4 Å². The van der Waals surface area contributed by atoms with Crippen molar-refractivity contribution in [2.75, 3.05) is 19.9 Å². The zero-order chi connectivity index (χ0) is 18.7. The number of nitrogens with two attached hydrogens (primary N) is 1. The zero-order valence-corrected chi connectivity index (χ0v) is 15.5. The molecule has 7 heteroatoms. The van der Waals surface area contributed by atoms with Crippen LogP contribution in [0.15, 0.2) is 65.7 Å². The van der Waals surface area contributed by atoms with E-state index in [0.29, 0.717) is 23.7 Å². The van der Waals surface area contributed by atoms with Crippen LogP contribution >= 0.6 is 0 Å². The van der Waals surface area contributed by atoms with Crippen LogP contribution in [-0.2, 0) is 16.6 Å². The molecule has 3 aromatic rings. The largest absolute Gasteiger partial charge is 0.497 e. The van der Waals surface area contributed by atoms with E-state index in [1.165, 1.54) is 23.2 Å². The molecule has 0 fully saturated rings. The molecular weight excluding hydrogens is 350 g/mol. The molecule has 3 N–H and O–H groups in total.